The summed E-state index contributed by atoms with van der Waals surface area (Å²) < 4.78 is 6.04. The Morgan fingerprint density at radius 3 is 2.73 bits per heavy atom. The van der Waals surface area contributed by atoms with Crippen molar-refractivity contribution in [3.05, 3.63) is 64.7 Å². The van der Waals surface area contributed by atoms with Crippen molar-refractivity contribution in [3.63, 3.8) is 0 Å². The van der Waals surface area contributed by atoms with Gasteiger partial charge < -0.3 is 20.5 Å². The molecular formula is C20H23ClN2O3. The van der Waals surface area contributed by atoms with Crippen LogP contribution in [-0.2, 0) is 4.79 Å². The second-order valence-corrected chi connectivity index (χ2v) is 6.99. The molecule has 0 radical (unpaired) electrons. The molecule has 1 fully saturated rings. The summed E-state index contributed by atoms with van der Waals surface area (Å²) in [7, 11) is 0. The van der Waals surface area contributed by atoms with Crippen LogP contribution in [0.4, 0.5) is 0 Å². The summed E-state index contributed by atoms with van der Waals surface area (Å²) in [6.07, 6.45) is -1.22. The molecule has 0 aliphatic carbocycles. The summed E-state index contributed by atoms with van der Waals surface area (Å²) >= 11 is 6.00. The second kappa shape index (κ2) is 8.54. The topological polar surface area (TPSA) is 70.6 Å². The van der Waals surface area contributed by atoms with Crippen LogP contribution in [0.25, 0.3) is 0 Å². The van der Waals surface area contributed by atoms with E-state index in [1.54, 1.807) is 18.2 Å². The number of carbonyl (C=O) groups is 1. The Balaban J connectivity index is 1.75. The summed E-state index contributed by atoms with van der Waals surface area (Å²) in [5.41, 5.74) is 1.63. The van der Waals surface area contributed by atoms with Crippen molar-refractivity contribution >= 4 is 17.5 Å². The van der Waals surface area contributed by atoms with Crippen LogP contribution in [0.3, 0.4) is 0 Å². The van der Waals surface area contributed by atoms with Gasteiger partial charge in [-0.3, -0.25) is 4.79 Å². The fourth-order valence-corrected chi connectivity index (χ4v) is 3.25. The normalized spacial score (nSPS) is 20.6. The van der Waals surface area contributed by atoms with Gasteiger partial charge in [0.15, 0.2) is 0 Å². The molecule has 5 nitrogen and oxygen atoms in total. The number of hydrogen-bond acceptors (Lipinski definition) is 4. The molecular weight excluding hydrogens is 352 g/mol. The van der Waals surface area contributed by atoms with Crippen LogP contribution in [-0.4, -0.2) is 36.8 Å². The van der Waals surface area contributed by atoms with Gasteiger partial charge >= 0.3 is 0 Å². The van der Waals surface area contributed by atoms with E-state index in [2.05, 4.69) is 10.6 Å². The van der Waals surface area contributed by atoms with Crippen molar-refractivity contribution in [1.82, 2.24) is 10.6 Å². The molecule has 0 aromatic heterocycles. The van der Waals surface area contributed by atoms with Gasteiger partial charge in [-0.25, -0.2) is 0 Å². The third-order valence-electron chi connectivity index (χ3n) is 4.56. The zero-order valence-corrected chi connectivity index (χ0v) is 15.4. The number of hydrogen-bond donors (Lipinski definition) is 3. The highest BCUT2D eigenvalue weighted by Gasteiger charge is 2.28. The van der Waals surface area contributed by atoms with Gasteiger partial charge in [0.1, 0.15) is 5.75 Å². The minimum atomic E-state index is -0.775. The zero-order chi connectivity index (χ0) is 18.5. The Hall–Kier alpha value is -2.08. The highest BCUT2D eigenvalue weighted by Crippen LogP contribution is 2.27. The van der Waals surface area contributed by atoms with Crippen LogP contribution >= 0.6 is 11.6 Å². The van der Waals surface area contributed by atoms with Crippen molar-refractivity contribution in [1.29, 1.82) is 0 Å². The Labute approximate surface area is 158 Å². The predicted octanol–water partition coefficient (Wildman–Crippen LogP) is 2.47. The molecule has 3 unspecified atom stereocenters. The molecule has 1 aliphatic heterocycles. The smallest absolute Gasteiger partial charge is 0.265 e. The average Bonchev–Trinajstić information content (AvgIpc) is 3.05. The monoisotopic (exact) mass is 374 g/mol. The van der Waals surface area contributed by atoms with E-state index in [4.69, 9.17) is 16.3 Å². The molecule has 2 aromatic carbocycles. The largest absolute Gasteiger partial charge is 0.476 e. The lowest BCUT2D eigenvalue weighted by Crippen LogP contribution is -2.38. The Bertz CT molecular complexity index is 754. The quantitative estimate of drug-likeness (QED) is 0.726. The molecule has 3 N–H and O–H groups in total. The maximum absolute atomic E-state index is 12.8. The van der Waals surface area contributed by atoms with Crippen LogP contribution < -0.4 is 15.4 Å². The molecule has 0 spiro atoms. The highest BCUT2D eigenvalue weighted by molar-refractivity contribution is 6.30. The maximum atomic E-state index is 12.8. The lowest BCUT2D eigenvalue weighted by Gasteiger charge is -2.22. The molecule has 3 rings (SSSR count). The fraction of sp³-hybridized carbons (Fsp3) is 0.350. The Morgan fingerprint density at radius 2 is 2.08 bits per heavy atom. The first kappa shape index (κ1) is 18.7. The number of nitrogens with one attached hydrogen (secondary N) is 2. The lowest BCUT2D eigenvalue weighted by molar-refractivity contribution is -0.128. The molecule has 1 heterocycles. The summed E-state index contributed by atoms with van der Waals surface area (Å²) in [4.78, 5) is 12.8. The number of benzene rings is 2. The van der Waals surface area contributed by atoms with Crippen molar-refractivity contribution < 1.29 is 14.6 Å². The van der Waals surface area contributed by atoms with E-state index in [9.17, 15) is 9.90 Å². The van der Waals surface area contributed by atoms with Crippen LogP contribution in [0.1, 0.15) is 17.2 Å². The molecule has 0 bridgehead atoms. The van der Waals surface area contributed by atoms with Gasteiger partial charge in [0.05, 0.1) is 6.10 Å². The first-order valence-corrected chi connectivity index (χ1v) is 9.06. The van der Waals surface area contributed by atoms with E-state index < -0.39 is 12.2 Å². The molecule has 2 aromatic rings. The number of β-amino-alcohol motifs (C(OH)–C–C–N with tert-alkyl or cyclic N) is 1. The van der Waals surface area contributed by atoms with Crippen molar-refractivity contribution in [2.75, 3.05) is 19.6 Å². The van der Waals surface area contributed by atoms with Gasteiger partial charge in [-0.15, -0.1) is 0 Å². The van der Waals surface area contributed by atoms with Gasteiger partial charge in [-0.1, -0.05) is 41.9 Å². The number of amides is 1. The van der Waals surface area contributed by atoms with E-state index in [0.29, 0.717) is 30.4 Å². The number of carbonyl (C=O) groups excluding carboxylic acids is 1. The average molecular weight is 375 g/mol. The minimum Gasteiger partial charge on any atom is -0.476 e. The van der Waals surface area contributed by atoms with Gasteiger partial charge in [-0.2, -0.15) is 0 Å². The second-order valence-electron chi connectivity index (χ2n) is 6.55. The van der Waals surface area contributed by atoms with Gasteiger partial charge in [-0.05, 0) is 30.7 Å². The van der Waals surface area contributed by atoms with Crippen LogP contribution in [0.5, 0.6) is 5.75 Å². The van der Waals surface area contributed by atoms with Gasteiger partial charge in [0.2, 0.25) is 6.10 Å². The van der Waals surface area contributed by atoms with Crippen LogP contribution in [0.2, 0.25) is 5.02 Å². The standard InChI is InChI=1S/C20H23ClN2O3/c1-13-9-16(21)7-8-18(13)26-19(14-5-3-2-4-6-14)20(25)23-11-15-10-22-12-17(15)24/h2-9,15,17,19,22,24H,10-12H2,1H3,(H,23,25). The SMILES string of the molecule is Cc1cc(Cl)ccc1OC(C(=O)NCC1CNCC1O)c1ccccc1. The summed E-state index contributed by atoms with van der Waals surface area (Å²) in [6, 6.07) is 14.7. The molecule has 26 heavy (non-hydrogen) atoms. The minimum absolute atomic E-state index is 0.00708. The third kappa shape index (κ3) is 4.55. The molecule has 1 amide bonds. The summed E-state index contributed by atoms with van der Waals surface area (Å²) in [5, 5.41) is 16.5. The van der Waals surface area contributed by atoms with Gasteiger partial charge in [0.25, 0.3) is 5.91 Å². The molecule has 0 saturated carbocycles. The Kier molecular flexibility index (Phi) is 6.14. The first-order valence-electron chi connectivity index (χ1n) is 8.69. The van der Waals surface area contributed by atoms with Crippen molar-refractivity contribution in [2.24, 2.45) is 5.92 Å². The van der Waals surface area contributed by atoms with E-state index in [1.165, 1.54) is 0 Å². The number of aliphatic hydroxyl groups excluding tert-OH is 1. The zero-order valence-electron chi connectivity index (χ0n) is 14.6. The fourth-order valence-electron chi connectivity index (χ4n) is 3.02. The number of aryl methyl sites for hydroxylation is 1. The van der Waals surface area contributed by atoms with E-state index >= 15 is 0 Å². The lowest BCUT2D eigenvalue weighted by atomic mass is 10.1. The predicted molar refractivity (Wildman–Crippen MR) is 101 cm³/mol. The first-order chi connectivity index (χ1) is 12.5. The number of ether oxygens (including phenoxy) is 1. The maximum Gasteiger partial charge on any atom is 0.265 e. The van der Waals surface area contributed by atoms with E-state index in [-0.39, 0.29) is 11.8 Å². The van der Waals surface area contributed by atoms with Crippen molar-refractivity contribution in [3.8, 4) is 5.75 Å². The molecule has 6 heteroatoms. The molecule has 138 valence electrons. The van der Waals surface area contributed by atoms with E-state index in [1.807, 2.05) is 37.3 Å². The van der Waals surface area contributed by atoms with Crippen LogP contribution in [0, 0.1) is 12.8 Å². The molecule has 3 atom stereocenters. The number of rotatable bonds is 6. The van der Waals surface area contributed by atoms with Gasteiger partial charge in [0, 0.05) is 36.1 Å². The Morgan fingerprint density at radius 1 is 1.31 bits per heavy atom. The number of halogens is 1. The van der Waals surface area contributed by atoms with Crippen LogP contribution in [0.15, 0.2) is 48.5 Å². The summed E-state index contributed by atoms with van der Waals surface area (Å²) in [5.74, 6) is 0.387. The molecule has 1 aliphatic rings. The van der Waals surface area contributed by atoms with E-state index in [0.717, 1.165) is 11.1 Å². The number of aliphatic hydroxyl groups is 1. The third-order valence-corrected chi connectivity index (χ3v) is 4.80. The van der Waals surface area contributed by atoms with Crippen molar-refractivity contribution in [2.45, 2.75) is 19.1 Å². The summed E-state index contributed by atoms with van der Waals surface area (Å²) in [6.45, 7) is 3.54. The molecule has 1 saturated heterocycles. The highest BCUT2D eigenvalue weighted by atomic mass is 35.5.